The minimum atomic E-state index is -1.28. The van der Waals surface area contributed by atoms with Crippen LogP contribution in [-0.4, -0.2) is 18.4 Å². The molecule has 1 amide bonds. The molecule has 0 unspecified atom stereocenters. The summed E-state index contributed by atoms with van der Waals surface area (Å²) in [6.07, 6.45) is 0. The Morgan fingerprint density at radius 1 is 1.36 bits per heavy atom. The fraction of sp³-hybridized carbons (Fsp3) is 0.714. The molecule has 4 heteroatoms. The van der Waals surface area contributed by atoms with Gasteiger partial charge in [-0.25, -0.2) is 0 Å². The minimum Gasteiger partial charge on any atom is -0.548 e. The van der Waals surface area contributed by atoms with E-state index in [0.29, 0.717) is 0 Å². The van der Waals surface area contributed by atoms with Crippen molar-refractivity contribution in [2.45, 2.75) is 20.8 Å². The maximum Gasteiger partial charge on any atom is 0.225 e. The molecule has 64 valence electrons. The van der Waals surface area contributed by atoms with E-state index >= 15 is 0 Å². The highest BCUT2D eigenvalue weighted by Gasteiger charge is 2.20. The van der Waals surface area contributed by atoms with Crippen LogP contribution in [0.3, 0.4) is 0 Å². The molecule has 11 heavy (non-hydrogen) atoms. The lowest BCUT2D eigenvalue weighted by Gasteiger charge is -2.17. The quantitative estimate of drug-likeness (QED) is 0.554. The highest BCUT2D eigenvalue weighted by molar-refractivity contribution is 5.84. The van der Waals surface area contributed by atoms with Crippen LogP contribution in [0.15, 0.2) is 0 Å². The first-order valence-electron chi connectivity index (χ1n) is 3.32. The van der Waals surface area contributed by atoms with E-state index in [1.807, 2.05) is 0 Å². The lowest BCUT2D eigenvalue weighted by molar-refractivity contribution is -0.304. The van der Waals surface area contributed by atoms with Crippen molar-refractivity contribution in [2.24, 2.45) is 5.41 Å². The summed E-state index contributed by atoms with van der Waals surface area (Å²) in [7, 11) is 0. The Morgan fingerprint density at radius 3 is 2.09 bits per heavy atom. The Hall–Kier alpha value is -1.06. The molecular formula is C7H12NO3-. The van der Waals surface area contributed by atoms with Gasteiger partial charge in [0.1, 0.15) is 0 Å². The highest BCUT2D eigenvalue weighted by atomic mass is 16.4. The number of carboxylic acids is 1. The van der Waals surface area contributed by atoms with Crippen LogP contribution in [0, 0.1) is 5.41 Å². The van der Waals surface area contributed by atoms with Crippen LogP contribution in [0.25, 0.3) is 0 Å². The smallest absolute Gasteiger partial charge is 0.225 e. The zero-order chi connectivity index (χ0) is 9.07. The number of amides is 1. The lowest BCUT2D eigenvalue weighted by Crippen LogP contribution is -2.42. The van der Waals surface area contributed by atoms with Crippen molar-refractivity contribution in [3.05, 3.63) is 0 Å². The van der Waals surface area contributed by atoms with Gasteiger partial charge in [0.05, 0.1) is 12.5 Å². The summed E-state index contributed by atoms with van der Waals surface area (Å²) in [5.74, 6) is -1.57. The van der Waals surface area contributed by atoms with Crippen molar-refractivity contribution < 1.29 is 14.7 Å². The molecule has 0 spiro atoms. The molecule has 0 atom stereocenters. The van der Waals surface area contributed by atoms with E-state index in [1.165, 1.54) is 0 Å². The average molecular weight is 158 g/mol. The molecule has 0 saturated heterocycles. The first kappa shape index (κ1) is 9.94. The summed E-state index contributed by atoms with van der Waals surface area (Å²) < 4.78 is 0. The standard InChI is InChI=1S/C7H13NO3/c1-7(2,3)6(11)8-4-5(9)10/h4H2,1-3H3,(H,8,11)(H,9,10)/p-1. The third-order valence-electron chi connectivity index (χ3n) is 1.07. The number of nitrogens with one attached hydrogen (secondary N) is 1. The zero-order valence-corrected chi connectivity index (χ0v) is 6.93. The van der Waals surface area contributed by atoms with Gasteiger partial charge in [-0.3, -0.25) is 4.79 Å². The van der Waals surface area contributed by atoms with Gasteiger partial charge in [-0.05, 0) is 0 Å². The van der Waals surface area contributed by atoms with E-state index in [0.717, 1.165) is 0 Å². The molecule has 0 radical (unpaired) electrons. The van der Waals surface area contributed by atoms with Gasteiger partial charge in [-0.2, -0.15) is 0 Å². The largest absolute Gasteiger partial charge is 0.548 e. The lowest BCUT2D eigenvalue weighted by atomic mass is 9.96. The molecule has 1 N–H and O–H groups in total. The minimum absolute atomic E-state index is 0.290. The van der Waals surface area contributed by atoms with Crippen LogP contribution in [0.1, 0.15) is 20.8 Å². The normalized spacial score (nSPS) is 10.8. The van der Waals surface area contributed by atoms with Crippen LogP contribution < -0.4 is 10.4 Å². The van der Waals surface area contributed by atoms with Crippen LogP contribution in [0.5, 0.6) is 0 Å². The second kappa shape index (κ2) is 3.37. The summed E-state index contributed by atoms with van der Waals surface area (Å²) >= 11 is 0. The van der Waals surface area contributed by atoms with E-state index in [1.54, 1.807) is 20.8 Å². The van der Waals surface area contributed by atoms with E-state index in [4.69, 9.17) is 0 Å². The molecule has 0 aliphatic heterocycles. The van der Waals surface area contributed by atoms with Crippen molar-refractivity contribution in [1.82, 2.24) is 5.32 Å². The molecule has 0 aliphatic carbocycles. The number of hydrogen-bond donors (Lipinski definition) is 1. The first-order valence-corrected chi connectivity index (χ1v) is 3.32. The van der Waals surface area contributed by atoms with Gasteiger partial charge >= 0.3 is 0 Å². The highest BCUT2D eigenvalue weighted by Crippen LogP contribution is 2.11. The third-order valence-corrected chi connectivity index (χ3v) is 1.07. The summed E-state index contributed by atoms with van der Waals surface area (Å²) in [5, 5.41) is 12.1. The van der Waals surface area contributed by atoms with Gasteiger partial charge in [0.25, 0.3) is 0 Å². The Balaban J connectivity index is 3.80. The Morgan fingerprint density at radius 2 is 1.82 bits per heavy atom. The molecule has 0 rings (SSSR count). The van der Waals surface area contributed by atoms with Crippen molar-refractivity contribution in [2.75, 3.05) is 6.54 Å². The maximum absolute atomic E-state index is 11.0. The first-order chi connectivity index (χ1) is 4.84. The van der Waals surface area contributed by atoms with Gasteiger partial charge in [-0.15, -0.1) is 0 Å². The van der Waals surface area contributed by atoms with Gasteiger partial charge in [0, 0.05) is 5.41 Å². The second-order valence-electron chi connectivity index (χ2n) is 3.30. The molecule has 0 aromatic carbocycles. The number of rotatable bonds is 2. The Bertz CT molecular complexity index is 169. The van der Waals surface area contributed by atoms with Crippen molar-refractivity contribution >= 4 is 11.9 Å². The average Bonchev–Trinajstić information content (AvgIpc) is 1.80. The van der Waals surface area contributed by atoms with Gasteiger partial charge in [-0.1, -0.05) is 20.8 Å². The zero-order valence-electron chi connectivity index (χ0n) is 6.93. The van der Waals surface area contributed by atoms with E-state index < -0.39 is 17.9 Å². The molecule has 0 aliphatic rings. The third kappa shape index (κ3) is 4.36. The van der Waals surface area contributed by atoms with Crippen LogP contribution in [-0.2, 0) is 9.59 Å². The number of aliphatic carboxylic acids is 1. The molecule has 0 aromatic rings. The van der Waals surface area contributed by atoms with E-state index in [2.05, 4.69) is 5.32 Å². The molecule has 0 bridgehead atoms. The summed E-state index contributed by atoms with van der Waals surface area (Å²) in [6, 6.07) is 0. The molecular weight excluding hydrogens is 146 g/mol. The van der Waals surface area contributed by atoms with Crippen LogP contribution in [0.2, 0.25) is 0 Å². The summed E-state index contributed by atoms with van der Waals surface area (Å²) in [6.45, 7) is 4.70. The van der Waals surface area contributed by atoms with Crippen molar-refractivity contribution in [3.8, 4) is 0 Å². The molecule has 0 saturated carbocycles. The second-order valence-corrected chi connectivity index (χ2v) is 3.30. The topological polar surface area (TPSA) is 69.2 Å². The number of hydrogen-bond acceptors (Lipinski definition) is 3. The molecule has 0 fully saturated rings. The van der Waals surface area contributed by atoms with Crippen molar-refractivity contribution in [1.29, 1.82) is 0 Å². The predicted octanol–water partition coefficient (Wildman–Crippen LogP) is -1.10. The fourth-order valence-corrected chi connectivity index (χ4v) is 0.418. The van der Waals surface area contributed by atoms with Gasteiger partial charge in [0.2, 0.25) is 5.91 Å². The molecule has 4 nitrogen and oxygen atoms in total. The predicted molar refractivity (Wildman–Crippen MR) is 37.5 cm³/mol. The van der Waals surface area contributed by atoms with E-state index in [9.17, 15) is 14.7 Å². The monoisotopic (exact) mass is 158 g/mol. The van der Waals surface area contributed by atoms with E-state index in [-0.39, 0.29) is 5.91 Å². The van der Waals surface area contributed by atoms with Gasteiger partial charge in [0.15, 0.2) is 0 Å². The SMILES string of the molecule is CC(C)(C)C(=O)NCC(=O)[O-]. The summed E-state index contributed by atoms with van der Waals surface area (Å²) in [4.78, 5) is 20.9. The van der Waals surface area contributed by atoms with Gasteiger partial charge < -0.3 is 15.2 Å². The summed E-state index contributed by atoms with van der Waals surface area (Å²) in [5.41, 5.74) is -0.546. The van der Waals surface area contributed by atoms with Crippen LogP contribution >= 0.6 is 0 Å². The Kier molecular flexibility index (Phi) is 3.04. The molecule has 0 heterocycles. The maximum atomic E-state index is 11.0. The number of carbonyl (C=O) groups excluding carboxylic acids is 2. The molecule has 0 aromatic heterocycles. The van der Waals surface area contributed by atoms with Crippen molar-refractivity contribution in [3.63, 3.8) is 0 Å². The Labute approximate surface area is 65.6 Å². The number of carboxylic acid groups (broad SMARTS) is 1. The van der Waals surface area contributed by atoms with Crippen LogP contribution in [0.4, 0.5) is 0 Å². The number of carbonyl (C=O) groups is 2. The fourth-order valence-electron chi connectivity index (χ4n) is 0.418.